The number of rotatable bonds is 9. The van der Waals surface area contributed by atoms with Crippen molar-refractivity contribution in [2.75, 3.05) is 31.7 Å². The Labute approximate surface area is 120 Å². The molecule has 0 aliphatic rings. The topological polar surface area (TPSA) is 21.3 Å². The lowest BCUT2D eigenvalue weighted by Gasteiger charge is -2.09. The molecule has 4 heteroatoms. The van der Waals surface area contributed by atoms with E-state index >= 15 is 0 Å². The molecule has 1 aromatic rings. The van der Waals surface area contributed by atoms with E-state index in [1.807, 2.05) is 0 Å². The summed E-state index contributed by atoms with van der Waals surface area (Å²) in [5.74, 6) is 1.88. The average molecular weight is 285 g/mol. The molecular weight excluding hydrogens is 262 g/mol. The number of ether oxygens (including phenoxy) is 1. The van der Waals surface area contributed by atoms with Gasteiger partial charge < -0.3 is 10.1 Å². The molecule has 0 bridgehead atoms. The van der Waals surface area contributed by atoms with Crippen LogP contribution >= 0.6 is 24.4 Å². The lowest BCUT2D eigenvalue weighted by molar-refractivity contribution is 0.305. The van der Waals surface area contributed by atoms with Crippen molar-refractivity contribution in [3.05, 3.63) is 23.8 Å². The third kappa shape index (κ3) is 6.03. The molecule has 1 aromatic carbocycles. The first-order valence-electron chi connectivity index (χ1n) is 6.37. The van der Waals surface area contributed by atoms with Crippen molar-refractivity contribution >= 4 is 24.4 Å². The first-order valence-corrected chi connectivity index (χ1v) is 8.22. The summed E-state index contributed by atoms with van der Waals surface area (Å²) in [6.45, 7) is 4.95. The van der Waals surface area contributed by atoms with E-state index in [0.29, 0.717) is 0 Å². The van der Waals surface area contributed by atoms with Gasteiger partial charge in [0.05, 0.1) is 6.61 Å². The highest BCUT2D eigenvalue weighted by Gasteiger charge is 1.99. The second-order valence-corrected chi connectivity index (χ2v) is 5.46. The fourth-order valence-corrected chi connectivity index (χ4v) is 2.43. The molecule has 0 unspecified atom stereocenters. The van der Waals surface area contributed by atoms with Crippen LogP contribution in [0, 0.1) is 6.92 Å². The van der Waals surface area contributed by atoms with E-state index in [2.05, 4.69) is 49.3 Å². The summed E-state index contributed by atoms with van der Waals surface area (Å²) in [5, 5.41) is 3.32. The van der Waals surface area contributed by atoms with Crippen LogP contribution in [0.3, 0.4) is 0 Å². The van der Waals surface area contributed by atoms with Crippen molar-refractivity contribution in [1.82, 2.24) is 5.32 Å². The van der Waals surface area contributed by atoms with E-state index in [1.54, 1.807) is 11.8 Å². The van der Waals surface area contributed by atoms with E-state index in [4.69, 9.17) is 4.74 Å². The predicted molar refractivity (Wildman–Crippen MR) is 84.4 cm³/mol. The second-order valence-electron chi connectivity index (χ2n) is 4.16. The molecule has 0 spiro atoms. The monoisotopic (exact) mass is 285 g/mol. The summed E-state index contributed by atoms with van der Waals surface area (Å²) in [4.78, 5) is 1.32. The third-order valence-electron chi connectivity index (χ3n) is 2.67. The number of benzene rings is 1. The van der Waals surface area contributed by atoms with Gasteiger partial charge in [0.15, 0.2) is 0 Å². The fourth-order valence-electron chi connectivity index (χ4n) is 1.69. The van der Waals surface area contributed by atoms with Crippen molar-refractivity contribution in [1.29, 1.82) is 0 Å². The van der Waals surface area contributed by atoms with E-state index < -0.39 is 0 Å². The van der Waals surface area contributed by atoms with Crippen molar-refractivity contribution < 1.29 is 4.74 Å². The van der Waals surface area contributed by atoms with Crippen molar-refractivity contribution in [2.45, 2.75) is 24.7 Å². The Hall–Kier alpha value is -0.320. The number of hydrogen-bond donors (Lipinski definition) is 2. The van der Waals surface area contributed by atoms with Gasteiger partial charge in [-0.05, 0) is 56.3 Å². The van der Waals surface area contributed by atoms with Crippen LogP contribution in [0.5, 0.6) is 5.75 Å². The van der Waals surface area contributed by atoms with E-state index in [0.717, 1.165) is 44.0 Å². The summed E-state index contributed by atoms with van der Waals surface area (Å²) in [6.07, 6.45) is 4.33. The molecule has 0 saturated carbocycles. The molecule has 0 amide bonds. The highest BCUT2D eigenvalue weighted by molar-refractivity contribution is 7.98. The number of thiol groups is 1. The van der Waals surface area contributed by atoms with Crippen LogP contribution in [0.2, 0.25) is 0 Å². The highest BCUT2D eigenvalue weighted by atomic mass is 32.2. The Balaban J connectivity index is 2.17. The fraction of sp³-hybridized carbons (Fsp3) is 0.571. The molecule has 0 saturated heterocycles. The number of hydrogen-bond acceptors (Lipinski definition) is 4. The Morgan fingerprint density at radius 1 is 1.28 bits per heavy atom. The molecule has 1 rings (SSSR count). The normalized spacial score (nSPS) is 10.6. The molecule has 1 N–H and O–H groups in total. The van der Waals surface area contributed by atoms with Gasteiger partial charge in [0.25, 0.3) is 0 Å². The second kappa shape index (κ2) is 9.59. The van der Waals surface area contributed by atoms with Crippen LogP contribution in [0.4, 0.5) is 0 Å². The van der Waals surface area contributed by atoms with Crippen molar-refractivity contribution in [3.8, 4) is 5.75 Å². The zero-order valence-corrected chi connectivity index (χ0v) is 12.9. The molecule has 0 radical (unpaired) electrons. The van der Waals surface area contributed by atoms with Crippen molar-refractivity contribution in [3.63, 3.8) is 0 Å². The number of thioether (sulfide) groups is 1. The number of unbranched alkanes of at least 4 members (excludes halogenated alkanes) is 1. The Bertz CT molecular complexity index is 345. The zero-order valence-electron chi connectivity index (χ0n) is 11.2. The Morgan fingerprint density at radius 2 is 2.11 bits per heavy atom. The van der Waals surface area contributed by atoms with Crippen LogP contribution in [0.25, 0.3) is 0 Å². The molecule has 18 heavy (non-hydrogen) atoms. The maximum absolute atomic E-state index is 5.74. The summed E-state index contributed by atoms with van der Waals surface area (Å²) >= 11 is 5.92. The summed E-state index contributed by atoms with van der Waals surface area (Å²) in [7, 11) is 0. The van der Waals surface area contributed by atoms with Crippen LogP contribution in [-0.2, 0) is 0 Å². The molecule has 0 atom stereocenters. The summed E-state index contributed by atoms with van der Waals surface area (Å²) in [5.41, 5.74) is 1.29. The largest absolute Gasteiger partial charge is 0.494 e. The van der Waals surface area contributed by atoms with Gasteiger partial charge in [0.1, 0.15) is 5.75 Å². The summed E-state index contributed by atoms with van der Waals surface area (Å²) < 4.78 is 5.74. The van der Waals surface area contributed by atoms with Gasteiger partial charge in [-0.3, -0.25) is 0 Å². The minimum Gasteiger partial charge on any atom is -0.494 e. The maximum atomic E-state index is 5.74. The van der Waals surface area contributed by atoms with Gasteiger partial charge in [-0.25, -0.2) is 0 Å². The van der Waals surface area contributed by atoms with Gasteiger partial charge in [0, 0.05) is 17.2 Å². The van der Waals surface area contributed by atoms with Gasteiger partial charge in [-0.15, -0.1) is 11.8 Å². The van der Waals surface area contributed by atoms with E-state index in [9.17, 15) is 0 Å². The standard InChI is InChI=1S/C14H23NOS2/c1-12-11-13(5-6-14(12)18-2)16-9-4-3-7-15-8-10-17/h5-6,11,15,17H,3-4,7-10H2,1-2H3. The molecule has 0 aliphatic heterocycles. The molecule has 0 aliphatic carbocycles. The molecule has 0 heterocycles. The minimum absolute atomic E-state index is 0.792. The Kier molecular flexibility index (Phi) is 8.38. The summed E-state index contributed by atoms with van der Waals surface area (Å²) in [6, 6.07) is 6.30. The smallest absolute Gasteiger partial charge is 0.119 e. The van der Waals surface area contributed by atoms with E-state index in [-0.39, 0.29) is 0 Å². The third-order valence-corrected chi connectivity index (χ3v) is 3.79. The highest BCUT2D eigenvalue weighted by Crippen LogP contribution is 2.24. The van der Waals surface area contributed by atoms with Gasteiger partial charge in [0.2, 0.25) is 0 Å². The zero-order chi connectivity index (χ0) is 13.2. The lowest BCUT2D eigenvalue weighted by atomic mass is 10.2. The van der Waals surface area contributed by atoms with Crippen LogP contribution in [-0.4, -0.2) is 31.7 Å². The van der Waals surface area contributed by atoms with Crippen molar-refractivity contribution in [2.24, 2.45) is 0 Å². The molecule has 102 valence electrons. The first-order chi connectivity index (χ1) is 8.77. The predicted octanol–water partition coefficient (Wildman–Crippen LogP) is 3.40. The minimum atomic E-state index is 0.792. The SMILES string of the molecule is CSc1ccc(OCCCCNCCS)cc1C. The van der Waals surface area contributed by atoms with Gasteiger partial charge >= 0.3 is 0 Å². The van der Waals surface area contributed by atoms with Gasteiger partial charge in [-0.2, -0.15) is 12.6 Å². The molecule has 2 nitrogen and oxygen atoms in total. The number of aryl methyl sites for hydroxylation is 1. The lowest BCUT2D eigenvalue weighted by Crippen LogP contribution is -2.18. The average Bonchev–Trinajstić information content (AvgIpc) is 2.38. The maximum Gasteiger partial charge on any atom is 0.119 e. The quantitative estimate of drug-likeness (QED) is 0.412. The molecular formula is C14H23NOS2. The Morgan fingerprint density at radius 3 is 2.78 bits per heavy atom. The van der Waals surface area contributed by atoms with E-state index in [1.165, 1.54) is 10.5 Å². The van der Waals surface area contributed by atoms with Crippen LogP contribution in [0.15, 0.2) is 23.1 Å². The van der Waals surface area contributed by atoms with Gasteiger partial charge in [-0.1, -0.05) is 0 Å². The molecule has 0 fully saturated rings. The number of nitrogens with one attached hydrogen (secondary N) is 1. The van der Waals surface area contributed by atoms with Crippen LogP contribution in [0.1, 0.15) is 18.4 Å². The molecule has 0 aromatic heterocycles. The van der Waals surface area contributed by atoms with Crippen LogP contribution < -0.4 is 10.1 Å². The first kappa shape index (κ1) is 15.7.